The Bertz CT molecular complexity index is 710. The van der Waals surface area contributed by atoms with Crippen molar-refractivity contribution in [2.75, 3.05) is 20.3 Å². The number of fused-ring (bicyclic) bond motifs is 2. The van der Waals surface area contributed by atoms with Crippen LogP contribution in [-0.4, -0.2) is 46.9 Å². The van der Waals surface area contributed by atoms with Crippen LogP contribution in [0.3, 0.4) is 0 Å². The summed E-state index contributed by atoms with van der Waals surface area (Å²) in [5.74, 6) is 1.71. The molecule has 6 heteroatoms. The smallest absolute Gasteiger partial charge is 0.274 e. The van der Waals surface area contributed by atoms with Gasteiger partial charge in [-0.1, -0.05) is 12.2 Å². The molecule has 3 unspecified atom stereocenters. The summed E-state index contributed by atoms with van der Waals surface area (Å²) in [6.07, 6.45) is 7.02. The molecule has 0 saturated heterocycles. The minimum absolute atomic E-state index is 0.0942. The van der Waals surface area contributed by atoms with Crippen molar-refractivity contribution in [1.82, 2.24) is 14.7 Å². The largest absolute Gasteiger partial charge is 0.383 e. The standard InChI is InChI=1S/C19H27N3O3/c1-13(2)21(12-16-11-14-4-5-15(16)10-14)19(24)17-6-7-18(23)22(20-17)8-9-25-3/h4-7,13-16H,8-12H2,1-3H3. The van der Waals surface area contributed by atoms with E-state index in [1.807, 2.05) is 18.7 Å². The van der Waals surface area contributed by atoms with Crippen molar-refractivity contribution in [2.24, 2.45) is 17.8 Å². The molecule has 1 amide bonds. The molecule has 1 saturated carbocycles. The molecule has 2 bridgehead atoms. The van der Waals surface area contributed by atoms with E-state index in [-0.39, 0.29) is 17.5 Å². The van der Waals surface area contributed by atoms with E-state index in [1.165, 1.54) is 29.7 Å². The van der Waals surface area contributed by atoms with Crippen LogP contribution >= 0.6 is 0 Å². The number of carbonyl (C=O) groups is 1. The number of hydrogen-bond acceptors (Lipinski definition) is 4. The summed E-state index contributed by atoms with van der Waals surface area (Å²) in [7, 11) is 1.57. The zero-order chi connectivity index (χ0) is 18.0. The fourth-order valence-corrected chi connectivity index (χ4v) is 3.93. The minimum Gasteiger partial charge on any atom is -0.383 e. The number of allylic oxidation sites excluding steroid dienone is 2. The van der Waals surface area contributed by atoms with E-state index in [0.29, 0.717) is 36.6 Å². The van der Waals surface area contributed by atoms with Gasteiger partial charge < -0.3 is 9.64 Å². The average Bonchev–Trinajstić information content (AvgIpc) is 3.21. The molecule has 2 aliphatic rings. The Kier molecular flexibility index (Phi) is 5.37. The molecule has 1 heterocycles. The lowest BCUT2D eigenvalue weighted by molar-refractivity contribution is 0.0651. The summed E-state index contributed by atoms with van der Waals surface area (Å²) in [6, 6.07) is 3.04. The van der Waals surface area contributed by atoms with Crippen LogP contribution in [0.4, 0.5) is 0 Å². The molecule has 1 aromatic heterocycles. The predicted octanol–water partition coefficient (Wildman–Crippen LogP) is 1.95. The lowest BCUT2D eigenvalue weighted by Crippen LogP contribution is -2.42. The van der Waals surface area contributed by atoms with Crippen molar-refractivity contribution in [2.45, 2.75) is 39.3 Å². The first-order chi connectivity index (χ1) is 12.0. The third kappa shape index (κ3) is 3.84. The normalized spacial score (nSPS) is 24.2. The first-order valence-electron chi connectivity index (χ1n) is 9.06. The number of rotatable bonds is 7. The van der Waals surface area contributed by atoms with Gasteiger partial charge in [0.05, 0.1) is 13.2 Å². The van der Waals surface area contributed by atoms with Gasteiger partial charge in [-0.25, -0.2) is 4.68 Å². The van der Waals surface area contributed by atoms with Crippen LogP contribution in [0.25, 0.3) is 0 Å². The van der Waals surface area contributed by atoms with E-state index in [1.54, 1.807) is 7.11 Å². The van der Waals surface area contributed by atoms with Crippen LogP contribution in [0.1, 0.15) is 37.2 Å². The zero-order valence-electron chi connectivity index (χ0n) is 15.2. The molecule has 25 heavy (non-hydrogen) atoms. The molecule has 0 N–H and O–H groups in total. The lowest BCUT2D eigenvalue weighted by Gasteiger charge is -2.31. The van der Waals surface area contributed by atoms with Crippen LogP contribution < -0.4 is 5.56 Å². The molecule has 1 fully saturated rings. The monoisotopic (exact) mass is 345 g/mol. The van der Waals surface area contributed by atoms with E-state index in [9.17, 15) is 9.59 Å². The van der Waals surface area contributed by atoms with Crippen molar-refractivity contribution in [1.29, 1.82) is 0 Å². The molecule has 6 nitrogen and oxygen atoms in total. The molecule has 3 atom stereocenters. The number of methoxy groups -OCH3 is 1. The topological polar surface area (TPSA) is 64.4 Å². The summed E-state index contributed by atoms with van der Waals surface area (Å²) < 4.78 is 6.30. The second kappa shape index (κ2) is 7.52. The maximum Gasteiger partial charge on any atom is 0.274 e. The van der Waals surface area contributed by atoms with E-state index in [2.05, 4.69) is 17.3 Å². The van der Waals surface area contributed by atoms with Crippen molar-refractivity contribution < 1.29 is 9.53 Å². The highest BCUT2D eigenvalue weighted by Crippen LogP contribution is 2.43. The van der Waals surface area contributed by atoms with Gasteiger partial charge in [-0.2, -0.15) is 5.10 Å². The molecule has 0 aromatic carbocycles. The van der Waals surface area contributed by atoms with Crippen molar-refractivity contribution in [3.63, 3.8) is 0 Å². The number of amides is 1. The van der Waals surface area contributed by atoms with Gasteiger partial charge in [0, 0.05) is 25.8 Å². The average molecular weight is 345 g/mol. The maximum absolute atomic E-state index is 13.0. The van der Waals surface area contributed by atoms with Gasteiger partial charge in [-0.3, -0.25) is 9.59 Å². The van der Waals surface area contributed by atoms with Gasteiger partial charge in [-0.15, -0.1) is 0 Å². The first-order valence-corrected chi connectivity index (χ1v) is 9.06. The van der Waals surface area contributed by atoms with Crippen LogP contribution in [-0.2, 0) is 11.3 Å². The Balaban J connectivity index is 1.76. The summed E-state index contributed by atoms with van der Waals surface area (Å²) in [5, 5.41) is 4.25. The van der Waals surface area contributed by atoms with Crippen LogP contribution in [0.2, 0.25) is 0 Å². The number of aromatic nitrogens is 2. The van der Waals surface area contributed by atoms with E-state index < -0.39 is 0 Å². The molecule has 0 radical (unpaired) electrons. The second-order valence-electron chi connectivity index (χ2n) is 7.36. The third-order valence-corrected chi connectivity index (χ3v) is 5.32. The van der Waals surface area contributed by atoms with Gasteiger partial charge in [0.2, 0.25) is 0 Å². The van der Waals surface area contributed by atoms with Crippen molar-refractivity contribution in [3.05, 3.63) is 40.3 Å². The van der Waals surface area contributed by atoms with Crippen molar-refractivity contribution in [3.8, 4) is 0 Å². The Hall–Kier alpha value is -1.95. The number of carbonyl (C=O) groups excluding carboxylic acids is 1. The number of nitrogens with zero attached hydrogens (tertiary/aromatic N) is 3. The molecule has 1 aromatic rings. The van der Waals surface area contributed by atoms with Crippen molar-refractivity contribution >= 4 is 5.91 Å². The summed E-state index contributed by atoms with van der Waals surface area (Å²) in [6.45, 7) is 5.54. The summed E-state index contributed by atoms with van der Waals surface area (Å²) in [5.41, 5.74) is 0.103. The van der Waals surface area contributed by atoms with Gasteiger partial charge in [0.1, 0.15) is 5.69 Å². The van der Waals surface area contributed by atoms with Gasteiger partial charge in [0.15, 0.2) is 0 Å². The van der Waals surface area contributed by atoms with E-state index >= 15 is 0 Å². The zero-order valence-corrected chi connectivity index (χ0v) is 15.2. The quantitative estimate of drug-likeness (QED) is 0.709. The lowest BCUT2D eigenvalue weighted by atomic mass is 9.92. The maximum atomic E-state index is 13.0. The number of ether oxygens (including phenoxy) is 1. The number of hydrogen-bond donors (Lipinski definition) is 0. The molecular weight excluding hydrogens is 318 g/mol. The molecule has 3 rings (SSSR count). The van der Waals surface area contributed by atoms with E-state index in [0.717, 1.165) is 6.54 Å². The Morgan fingerprint density at radius 2 is 2.16 bits per heavy atom. The van der Waals surface area contributed by atoms with Gasteiger partial charge in [-0.05, 0) is 50.5 Å². The predicted molar refractivity (Wildman–Crippen MR) is 95.4 cm³/mol. The Morgan fingerprint density at radius 1 is 1.36 bits per heavy atom. The Morgan fingerprint density at radius 3 is 2.76 bits per heavy atom. The Labute approximate surface area is 148 Å². The summed E-state index contributed by atoms with van der Waals surface area (Å²) in [4.78, 5) is 26.8. The fourth-order valence-electron chi connectivity index (χ4n) is 3.93. The highest BCUT2D eigenvalue weighted by atomic mass is 16.5. The minimum atomic E-state index is -0.220. The third-order valence-electron chi connectivity index (χ3n) is 5.32. The van der Waals surface area contributed by atoms with Crippen LogP contribution in [0.5, 0.6) is 0 Å². The van der Waals surface area contributed by atoms with Gasteiger partial charge in [0.25, 0.3) is 11.5 Å². The molecule has 2 aliphatic carbocycles. The molecule has 136 valence electrons. The van der Waals surface area contributed by atoms with Crippen LogP contribution in [0, 0.1) is 17.8 Å². The summed E-state index contributed by atoms with van der Waals surface area (Å²) >= 11 is 0. The van der Waals surface area contributed by atoms with Gasteiger partial charge >= 0.3 is 0 Å². The second-order valence-corrected chi connectivity index (χ2v) is 7.36. The molecular formula is C19H27N3O3. The van der Waals surface area contributed by atoms with E-state index in [4.69, 9.17) is 4.74 Å². The highest BCUT2D eigenvalue weighted by Gasteiger charge is 2.37. The van der Waals surface area contributed by atoms with Crippen LogP contribution in [0.15, 0.2) is 29.1 Å². The molecule has 0 aliphatic heterocycles. The first kappa shape index (κ1) is 17.9. The fraction of sp³-hybridized carbons (Fsp3) is 0.632. The highest BCUT2D eigenvalue weighted by molar-refractivity contribution is 5.92. The molecule has 0 spiro atoms. The SMILES string of the molecule is COCCn1nc(C(=O)N(CC2CC3C=CC2C3)C(C)C)ccc1=O.